The normalized spacial score (nSPS) is 22.5. The monoisotopic (exact) mass is 354 g/mol. The predicted octanol–water partition coefficient (Wildman–Crippen LogP) is 2.37. The van der Waals surface area contributed by atoms with Crippen LogP contribution in [0.2, 0.25) is 5.02 Å². The molecule has 8 heteroatoms. The number of carbonyl (C=O) groups is 1. The van der Waals surface area contributed by atoms with Crippen LogP contribution in [0.5, 0.6) is 0 Å². The van der Waals surface area contributed by atoms with Crippen LogP contribution in [-0.2, 0) is 14.8 Å². The van der Waals surface area contributed by atoms with Crippen molar-refractivity contribution in [3.05, 3.63) is 35.5 Å². The molecule has 0 spiro atoms. The van der Waals surface area contributed by atoms with Gasteiger partial charge in [-0.15, -0.1) is 0 Å². The number of benzene rings is 1. The largest absolute Gasteiger partial charge is 0.481 e. The molecular weight excluding hydrogens is 340 g/mol. The summed E-state index contributed by atoms with van der Waals surface area (Å²) in [6, 6.07) is 6.37. The van der Waals surface area contributed by atoms with Gasteiger partial charge in [-0.3, -0.25) is 9.78 Å². The van der Waals surface area contributed by atoms with E-state index in [1.807, 2.05) is 0 Å². The summed E-state index contributed by atoms with van der Waals surface area (Å²) in [5.41, 5.74) is -0.771. The van der Waals surface area contributed by atoms with Crippen LogP contribution in [0.3, 0.4) is 0 Å². The highest BCUT2D eigenvalue weighted by Gasteiger charge is 2.45. The van der Waals surface area contributed by atoms with Gasteiger partial charge in [-0.2, -0.15) is 4.31 Å². The van der Waals surface area contributed by atoms with E-state index in [1.54, 1.807) is 25.1 Å². The van der Waals surface area contributed by atoms with Crippen LogP contribution >= 0.6 is 11.6 Å². The van der Waals surface area contributed by atoms with Crippen molar-refractivity contribution in [1.82, 2.24) is 9.29 Å². The van der Waals surface area contributed by atoms with Crippen molar-refractivity contribution in [2.24, 2.45) is 5.41 Å². The van der Waals surface area contributed by atoms with E-state index in [9.17, 15) is 18.3 Å². The van der Waals surface area contributed by atoms with E-state index in [4.69, 9.17) is 11.6 Å². The van der Waals surface area contributed by atoms with Crippen LogP contribution < -0.4 is 0 Å². The maximum atomic E-state index is 12.9. The number of aliphatic carboxylic acids is 1. The highest BCUT2D eigenvalue weighted by Crippen LogP contribution is 2.35. The Labute approximate surface area is 138 Å². The van der Waals surface area contributed by atoms with E-state index in [1.165, 1.54) is 16.6 Å². The van der Waals surface area contributed by atoms with Gasteiger partial charge in [0.05, 0.1) is 16.0 Å². The zero-order valence-electron chi connectivity index (χ0n) is 12.4. The van der Waals surface area contributed by atoms with Gasteiger partial charge in [0.2, 0.25) is 10.0 Å². The Kier molecular flexibility index (Phi) is 3.82. The van der Waals surface area contributed by atoms with Crippen molar-refractivity contribution in [3.8, 4) is 0 Å². The molecule has 0 amide bonds. The maximum absolute atomic E-state index is 12.9. The van der Waals surface area contributed by atoms with Gasteiger partial charge in [-0.1, -0.05) is 23.7 Å². The summed E-state index contributed by atoms with van der Waals surface area (Å²) in [6.45, 7) is 1.67. The topological polar surface area (TPSA) is 87.6 Å². The molecule has 1 atom stereocenters. The van der Waals surface area contributed by atoms with Crippen LogP contribution in [0.25, 0.3) is 10.9 Å². The number of carboxylic acids is 1. The Morgan fingerprint density at radius 3 is 2.78 bits per heavy atom. The molecule has 1 aromatic carbocycles. The molecular formula is C15H15ClN2O4S. The summed E-state index contributed by atoms with van der Waals surface area (Å²) in [5, 5.41) is 10.3. The van der Waals surface area contributed by atoms with Gasteiger partial charge in [-0.05, 0) is 25.5 Å². The molecule has 1 aromatic heterocycles. The predicted molar refractivity (Wildman–Crippen MR) is 85.9 cm³/mol. The van der Waals surface area contributed by atoms with Crippen LogP contribution in [-0.4, -0.2) is 41.9 Å². The van der Waals surface area contributed by atoms with Crippen molar-refractivity contribution < 1.29 is 18.3 Å². The number of hydrogen-bond donors (Lipinski definition) is 1. The number of aromatic nitrogens is 1. The Morgan fingerprint density at radius 2 is 2.13 bits per heavy atom. The minimum absolute atomic E-state index is 0.0483. The molecule has 3 rings (SSSR count). The van der Waals surface area contributed by atoms with Crippen LogP contribution in [0.4, 0.5) is 0 Å². The standard InChI is InChI=1S/C15H15ClN2O4S/c1-15(14(19)20)6-8-18(9-15)23(21,22)12-4-2-3-10-11(16)5-7-17-13(10)12/h2-5,7H,6,8-9H2,1H3,(H,19,20). The lowest BCUT2D eigenvalue weighted by Gasteiger charge is -2.20. The SMILES string of the molecule is CC1(C(=O)O)CCN(S(=O)(=O)c2cccc3c(Cl)ccnc23)C1. The first kappa shape index (κ1) is 16.2. The number of halogens is 1. The lowest BCUT2D eigenvalue weighted by Crippen LogP contribution is -2.35. The van der Waals surface area contributed by atoms with Gasteiger partial charge in [0.25, 0.3) is 0 Å². The molecule has 1 N–H and O–H groups in total. The molecule has 23 heavy (non-hydrogen) atoms. The van der Waals surface area contributed by atoms with E-state index in [0.29, 0.717) is 15.9 Å². The van der Waals surface area contributed by atoms with Crippen molar-refractivity contribution >= 4 is 38.5 Å². The van der Waals surface area contributed by atoms with Crippen molar-refractivity contribution in [2.75, 3.05) is 13.1 Å². The third-order valence-electron chi connectivity index (χ3n) is 4.25. The van der Waals surface area contributed by atoms with Crippen LogP contribution in [0, 0.1) is 5.41 Å². The minimum Gasteiger partial charge on any atom is -0.481 e. The van der Waals surface area contributed by atoms with Crippen molar-refractivity contribution in [1.29, 1.82) is 0 Å². The van der Waals surface area contributed by atoms with Gasteiger partial charge in [0, 0.05) is 24.7 Å². The second-order valence-corrected chi connectivity index (χ2v) is 8.21. The molecule has 0 saturated carbocycles. The number of rotatable bonds is 3. The lowest BCUT2D eigenvalue weighted by molar-refractivity contribution is -0.146. The van der Waals surface area contributed by atoms with Crippen LogP contribution in [0.1, 0.15) is 13.3 Å². The summed E-state index contributed by atoms with van der Waals surface area (Å²) in [6.07, 6.45) is 1.73. The molecule has 1 fully saturated rings. The minimum atomic E-state index is -3.84. The van der Waals surface area contributed by atoms with Gasteiger partial charge in [-0.25, -0.2) is 8.42 Å². The van der Waals surface area contributed by atoms with E-state index >= 15 is 0 Å². The molecule has 0 aliphatic carbocycles. The van der Waals surface area contributed by atoms with Crippen molar-refractivity contribution in [3.63, 3.8) is 0 Å². The van der Waals surface area contributed by atoms with E-state index in [-0.39, 0.29) is 24.4 Å². The number of sulfonamides is 1. The fourth-order valence-electron chi connectivity index (χ4n) is 2.76. The average molecular weight is 355 g/mol. The Bertz CT molecular complexity index is 899. The Hall–Kier alpha value is -1.70. The number of carboxylic acid groups (broad SMARTS) is 1. The van der Waals surface area contributed by atoms with E-state index < -0.39 is 21.4 Å². The van der Waals surface area contributed by atoms with E-state index in [2.05, 4.69) is 4.98 Å². The first-order valence-electron chi connectivity index (χ1n) is 7.02. The fraction of sp³-hybridized carbons (Fsp3) is 0.333. The quantitative estimate of drug-likeness (QED) is 0.914. The molecule has 0 radical (unpaired) electrons. The summed E-state index contributed by atoms with van der Waals surface area (Å²) in [4.78, 5) is 15.5. The Balaban J connectivity index is 2.09. The highest BCUT2D eigenvalue weighted by atomic mass is 35.5. The zero-order valence-corrected chi connectivity index (χ0v) is 13.9. The third-order valence-corrected chi connectivity index (χ3v) is 6.46. The van der Waals surface area contributed by atoms with Gasteiger partial charge in [0.1, 0.15) is 4.90 Å². The Morgan fingerprint density at radius 1 is 1.39 bits per heavy atom. The molecule has 1 unspecified atom stereocenters. The number of nitrogens with zero attached hydrogens (tertiary/aromatic N) is 2. The van der Waals surface area contributed by atoms with E-state index in [0.717, 1.165) is 0 Å². The molecule has 1 saturated heterocycles. The molecule has 2 aromatic rings. The van der Waals surface area contributed by atoms with Gasteiger partial charge in [0.15, 0.2) is 0 Å². The van der Waals surface area contributed by atoms with Gasteiger partial charge < -0.3 is 5.11 Å². The smallest absolute Gasteiger partial charge is 0.310 e. The fourth-order valence-corrected chi connectivity index (χ4v) is 4.69. The number of hydrogen-bond acceptors (Lipinski definition) is 4. The zero-order chi connectivity index (χ0) is 16.8. The molecule has 1 aliphatic heterocycles. The lowest BCUT2D eigenvalue weighted by atomic mass is 9.90. The summed E-state index contributed by atoms with van der Waals surface area (Å²) >= 11 is 6.10. The highest BCUT2D eigenvalue weighted by molar-refractivity contribution is 7.89. The second kappa shape index (κ2) is 5.43. The summed E-state index contributed by atoms with van der Waals surface area (Å²) in [7, 11) is -3.84. The second-order valence-electron chi connectivity index (χ2n) is 5.90. The van der Waals surface area contributed by atoms with Crippen LogP contribution in [0.15, 0.2) is 35.4 Å². The van der Waals surface area contributed by atoms with Gasteiger partial charge >= 0.3 is 5.97 Å². The molecule has 6 nitrogen and oxygen atoms in total. The van der Waals surface area contributed by atoms with Crippen molar-refractivity contribution in [2.45, 2.75) is 18.2 Å². The summed E-state index contributed by atoms with van der Waals surface area (Å²) < 4.78 is 27.0. The number of para-hydroxylation sites is 1. The number of pyridine rings is 1. The maximum Gasteiger partial charge on any atom is 0.310 e. The molecule has 122 valence electrons. The molecule has 0 bridgehead atoms. The first-order valence-corrected chi connectivity index (χ1v) is 8.84. The molecule has 2 heterocycles. The first-order chi connectivity index (χ1) is 10.8. The molecule has 1 aliphatic rings. The number of fused-ring (bicyclic) bond motifs is 1. The summed E-state index contributed by atoms with van der Waals surface area (Å²) in [5.74, 6) is -0.991. The third kappa shape index (κ3) is 2.58. The average Bonchev–Trinajstić information content (AvgIpc) is 2.92.